The number of aliphatic carboxylic acids is 6. The predicted molar refractivity (Wildman–Crippen MR) is 168 cm³/mol. The zero-order valence-electron chi connectivity index (χ0n) is 27.2. The van der Waals surface area contributed by atoms with Crippen molar-refractivity contribution in [3.63, 3.8) is 0 Å². The normalized spacial score (nSPS) is 12.7. The number of amides is 3. The molecule has 0 saturated carbocycles. The number of carboxylic acids is 6. The van der Waals surface area contributed by atoms with Gasteiger partial charge in [-0.3, -0.25) is 24.1 Å². The summed E-state index contributed by atoms with van der Waals surface area (Å²) in [5, 5.41) is 61.7. The second-order valence-electron chi connectivity index (χ2n) is 11.3. The van der Waals surface area contributed by atoms with Gasteiger partial charge in [-0.2, -0.15) is 0 Å². The fraction of sp³-hybridized carbons (Fsp3) is 0.517. The monoisotopic (exact) mass is 724 g/mol. The molecular formula is C29H40N8O14. The largest absolute Gasteiger partial charge is 0.481 e. The first kappa shape index (κ1) is 41.1. The van der Waals surface area contributed by atoms with Crippen LogP contribution in [0.1, 0.15) is 56.6 Å². The van der Waals surface area contributed by atoms with Crippen molar-refractivity contribution >= 4 is 47.8 Å². The van der Waals surface area contributed by atoms with E-state index in [1.54, 1.807) is 0 Å². The maximum Gasteiger partial charge on any atom is 0.326 e. The molecule has 0 fully saturated rings. The number of aromatic nitrogens is 4. The van der Waals surface area contributed by atoms with Gasteiger partial charge in [-0.15, -0.1) is 0 Å². The van der Waals surface area contributed by atoms with Crippen molar-refractivity contribution in [1.29, 1.82) is 0 Å². The van der Waals surface area contributed by atoms with Crippen molar-refractivity contribution in [2.75, 3.05) is 6.54 Å². The van der Waals surface area contributed by atoms with Gasteiger partial charge in [0.25, 0.3) is 0 Å². The lowest BCUT2D eigenvalue weighted by Gasteiger charge is -2.23. The topological polar surface area (TPSA) is 333 Å². The summed E-state index contributed by atoms with van der Waals surface area (Å²) in [4.78, 5) is 103. The number of unbranched alkanes of at least 4 members (excludes halogenated alkanes) is 1. The summed E-state index contributed by atoms with van der Waals surface area (Å²) in [7, 11) is 0. The van der Waals surface area contributed by atoms with Crippen molar-refractivity contribution in [2.45, 2.75) is 89.3 Å². The fourth-order valence-electron chi connectivity index (χ4n) is 4.80. The molecule has 0 aliphatic carbocycles. The maximum atomic E-state index is 12.6. The molecule has 0 aliphatic heterocycles. The Morgan fingerprint density at radius 1 is 0.608 bits per heavy atom. The average Bonchev–Trinajstić information content (AvgIpc) is 3.65. The highest BCUT2D eigenvalue weighted by atomic mass is 16.4. The Kier molecular flexibility index (Phi) is 16.5. The van der Waals surface area contributed by atoms with Crippen LogP contribution in [0, 0.1) is 0 Å². The maximum absolute atomic E-state index is 12.6. The van der Waals surface area contributed by atoms with Crippen molar-refractivity contribution in [3.8, 4) is 0 Å². The standard InChI is InChI=1S/C29H40N8O14/c38-22(6-4-18(27(47)48)33-29(51)34-19(28(49)50)5-7-23(39)40)32-17(26(45)46)3-1-2-10-35(13-20-30-8-11-36(20)15-24(41)42)14-21-31-9-12-37(21)16-25(43)44/h8-9,11-12,17-19H,1-7,10,13-16H2,(H,32,38)(H,39,40)(H,41,42)(H,43,44)(H,45,46)(H,47,48)(H,49,50)(H2,33,34,51). The lowest BCUT2D eigenvalue weighted by atomic mass is 10.1. The van der Waals surface area contributed by atoms with Crippen LogP contribution in [-0.4, -0.2) is 127 Å². The molecule has 2 rings (SSSR count). The van der Waals surface area contributed by atoms with E-state index in [-0.39, 0.29) is 39.0 Å². The quantitative estimate of drug-likeness (QED) is 0.0545. The Morgan fingerprint density at radius 3 is 1.49 bits per heavy atom. The Labute approximate surface area is 289 Å². The molecule has 0 bridgehead atoms. The number of hydrogen-bond donors (Lipinski definition) is 9. The van der Waals surface area contributed by atoms with E-state index in [1.165, 1.54) is 33.9 Å². The molecule has 2 aromatic rings. The molecule has 22 nitrogen and oxygen atoms in total. The second kappa shape index (κ2) is 20.5. The molecule has 51 heavy (non-hydrogen) atoms. The number of urea groups is 1. The van der Waals surface area contributed by atoms with Crippen LogP contribution in [0.25, 0.3) is 0 Å². The van der Waals surface area contributed by atoms with Gasteiger partial charge in [-0.05, 0) is 38.6 Å². The molecule has 0 aromatic carbocycles. The van der Waals surface area contributed by atoms with Gasteiger partial charge in [0.05, 0.1) is 13.1 Å². The van der Waals surface area contributed by atoms with Crippen LogP contribution in [0.5, 0.6) is 0 Å². The van der Waals surface area contributed by atoms with Crippen molar-refractivity contribution in [3.05, 3.63) is 36.4 Å². The van der Waals surface area contributed by atoms with E-state index in [1.807, 2.05) is 15.5 Å². The molecule has 3 amide bonds. The van der Waals surface area contributed by atoms with E-state index in [0.717, 1.165) is 0 Å². The van der Waals surface area contributed by atoms with Crippen LogP contribution in [0.3, 0.4) is 0 Å². The molecule has 0 radical (unpaired) electrons. The highest BCUT2D eigenvalue weighted by Gasteiger charge is 2.27. The van der Waals surface area contributed by atoms with Crippen molar-refractivity contribution in [2.24, 2.45) is 0 Å². The number of carbonyl (C=O) groups is 8. The molecule has 2 heterocycles. The number of imidazole rings is 2. The highest BCUT2D eigenvalue weighted by molar-refractivity contribution is 5.87. The van der Waals surface area contributed by atoms with Crippen molar-refractivity contribution < 1.29 is 69.0 Å². The number of carbonyl (C=O) groups excluding carboxylic acids is 2. The first-order valence-corrected chi connectivity index (χ1v) is 15.5. The zero-order valence-corrected chi connectivity index (χ0v) is 27.2. The van der Waals surface area contributed by atoms with Gasteiger partial charge in [0.15, 0.2) is 0 Å². The van der Waals surface area contributed by atoms with Crippen molar-refractivity contribution in [1.82, 2.24) is 40.0 Å². The molecule has 0 aliphatic rings. The van der Waals surface area contributed by atoms with Crippen LogP contribution in [0.15, 0.2) is 24.8 Å². The van der Waals surface area contributed by atoms with Crippen LogP contribution in [0.4, 0.5) is 4.79 Å². The molecule has 9 N–H and O–H groups in total. The van der Waals surface area contributed by atoms with Gasteiger partial charge >= 0.3 is 41.8 Å². The van der Waals surface area contributed by atoms with E-state index < -0.39 is 91.6 Å². The lowest BCUT2D eigenvalue weighted by Crippen LogP contribution is -2.51. The van der Waals surface area contributed by atoms with E-state index in [2.05, 4.69) is 15.3 Å². The summed E-state index contributed by atoms with van der Waals surface area (Å²) in [5.41, 5.74) is 0. The van der Waals surface area contributed by atoms with Gasteiger partial charge < -0.3 is 55.7 Å². The van der Waals surface area contributed by atoms with Crippen LogP contribution < -0.4 is 16.0 Å². The zero-order chi connectivity index (χ0) is 38.1. The lowest BCUT2D eigenvalue weighted by molar-refractivity contribution is -0.142. The minimum absolute atomic E-state index is 0.0356. The number of nitrogens with one attached hydrogen (secondary N) is 3. The second-order valence-corrected chi connectivity index (χ2v) is 11.3. The molecule has 0 saturated heterocycles. The number of rotatable bonds is 25. The first-order valence-electron chi connectivity index (χ1n) is 15.5. The summed E-state index contributed by atoms with van der Waals surface area (Å²) >= 11 is 0. The Morgan fingerprint density at radius 2 is 1.06 bits per heavy atom. The third kappa shape index (κ3) is 15.4. The van der Waals surface area contributed by atoms with Gasteiger partial charge in [0, 0.05) is 37.6 Å². The predicted octanol–water partition coefficient (Wildman–Crippen LogP) is -1.16. The SMILES string of the molecule is O=C(O)CCC(NC(=O)NC(CCC(=O)NC(CCCCN(Cc1nccn1CC(=O)O)Cc1nccn1CC(=O)O)C(=O)O)C(=O)O)C(=O)O. The fourth-order valence-corrected chi connectivity index (χ4v) is 4.80. The summed E-state index contributed by atoms with van der Waals surface area (Å²) in [5.74, 6) is -7.96. The molecule has 0 spiro atoms. The van der Waals surface area contributed by atoms with E-state index in [0.29, 0.717) is 24.6 Å². The molecule has 2 aromatic heterocycles. The summed E-state index contributed by atoms with van der Waals surface area (Å²) in [6.07, 6.45) is 4.42. The number of nitrogens with zero attached hydrogens (tertiary/aromatic N) is 5. The summed E-state index contributed by atoms with van der Waals surface area (Å²) in [6.45, 7) is -0.0713. The van der Waals surface area contributed by atoms with E-state index >= 15 is 0 Å². The van der Waals surface area contributed by atoms with Gasteiger partial charge in [0.2, 0.25) is 5.91 Å². The van der Waals surface area contributed by atoms with Gasteiger partial charge in [0.1, 0.15) is 42.9 Å². The number of hydrogen-bond acceptors (Lipinski definition) is 11. The molecular weight excluding hydrogens is 684 g/mol. The Bertz CT molecular complexity index is 1500. The van der Waals surface area contributed by atoms with Gasteiger partial charge in [-0.1, -0.05) is 0 Å². The van der Waals surface area contributed by atoms with E-state index in [9.17, 15) is 58.8 Å². The molecule has 3 atom stereocenters. The van der Waals surface area contributed by atoms with Gasteiger partial charge in [-0.25, -0.2) is 29.1 Å². The molecule has 280 valence electrons. The third-order valence-corrected chi connectivity index (χ3v) is 7.31. The molecule has 22 heteroatoms. The number of carboxylic acid groups (broad SMARTS) is 6. The minimum Gasteiger partial charge on any atom is -0.481 e. The third-order valence-electron chi connectivity index (χ3n) is 7.31. The summed E-state index contributed by atoms with van der Waals surface area (Å²) in [6, 6.07) is -5.88. The molecule has 3 unspecified atom stereocenters. The minimum atomic E-state index is -1.67. The average molecular weight is 725 g/mol. The van der Waals surface area contributed by atoms with E-state index in [4.69, 9.17) is 10.2 Å². The van der Waals surface area contributed by atoms with Crippen LogP contribution in [0.2, 0.25) is 0 Å². The highest BCUT2D eigenvalue weighted by Crippen LogP contribution is 2.12. The smallest absolute Gasteiger partial charge is 0.326 e. The van der Waals surface area contributed by atoms with Crippen LogP contribution in [-0.2, 0) is 59.7 Å². The Balaban J connectivity index is 1.97. The summed E-state index contributed by atoms with van der Waals surface area (Å²) < 4.78 is 2.86. The Hall–Kier alpha value is -6.06. The van der Waals surface area contributed by atoms with Crippen LogP contribution >= 0.6 is 0 Å². The first-order chi connectivity index (χ1) is 24.0.